The lowest BCUT2D eigenvalue weighted by Crippen LogP contribution is -2.47. The lowest BCUT2D eigenvalue weighted by molar-refractivity contribution is -0.127. The van der Waals surface area contributed by atoms with Crippen LogP contribution in [0.4, 0.5) is 0 Å². The summed E-state index contributed by atoms with van der Waals surface area (Å²) in [5.41, 5.74) is 3.28. The Hall–Kier alpha value is -2.50. The maximum atomic E-state index is 12.2. The molecule has 3 aliphatic heterocycles. The van der Waals surface area contributed by atoms with Crippen molar-refractivity contribution in [2.24, 2.45) is 4.99 Å². The Balaban J connectivity index is 1.71. The molecule has 3 heterocycles. The van der Waals surface area contributed by atoms with Crippen LogP contribution in [-0.2, 0) is 4.79 Å². The maximum absolute atomic E-state index is 12.2. The van der Waals surface area contributed by atoms with E-state index in [2.05, 4.69) is 33.8 Å². The van der Waals surface area contributed by atoms with E-state index in [0.717, 1.165) is 61.7 Å². The SMILES string of the molecule is C=N/C(N[C@@H]1CCCN(C(=O)/C=C/C)C1)=C1\CNC=C1C(=C)N1CCCC1. The Morgan fingerprint density at radius 2 is 2.04 bits per heavy atom. The van der Waals surface area contributed by atoms with Crippen molar-refractivity contribution in [3.8, 4) is 0 Å². The molecule has 1 amide bonds. The average Bonchev–Trinajstić information content (AvgIpc) is 3.38. The maximum Gasteiger partial charge on any atom is 0.246 e. The second-order valence-electron chi connectivity index (χ2n) is 7.33. The summed E-state index contributed by atoms with van der Waals surface area (Å²) >= 11 is 0. The number of nitrogens with one attached hydrogen (secondary N) is 2. The molecule has 0 aromatic heterocycles. The van der Waals surface area contributed by atoms with Crippen molar-refractivity contribution in [3.63, 3.8) is 0 Å². The monoisotopic (exact) mass is 369 g/mol. The molecule has 2 N–H and O–H groups in total. The zero-order chi connectivity index (χ0) is 19.2. The van der Waals surface area contributed by atoms with Crippen molar-refractivity contribution >= 4 is 12.6 Å². The fraction of sp³-hybridized carbons (Fsp3) is 0.524. The topological polar surface area (TPSA) is 60.0 Å². The van der Waals surface area contributed by atoms with Crippen LogP contribution in [0.25, 0.3) is 0 Å². The molecule has 0 spiro atoms. The number of aliphatic imine (C=N–C) groups is 1. The number of nitrogens with zero attached hydrogens (tertiary/aromatic N) is 3. The lowest BCUT2D eigenvalue weighted by atomic mass is 10.0. The number of amides is 1. The molecule has 3 aliphatic rings. The molecule has 146 valence electrons. The zero-order valence-electron chi connectivity index (χ0n) is 16.3. The Kier molecular flexibility index (Phi) is 6.37. The quantitative estimate of drug-likeness (QED) is 0.556. The van der Waals surface area contributed by atoms with E-state index in [9.17, 15) is 4.79 Å². The predicted octanol–water partition coefficient (Wildman–Crippen LogP) is 2.15. The van der Waals surface area contributed by atoms with Gasteiger partial charge in [0.1, 0.15) is 5.82 Å². The standard InChI is InChI=1S/C21H31N5O/c1-4-8-20(27)26-12-7-9-17(15-26)24-21(22-3)19-14-23-13-18(19)16(2)25-10-5-6-11-25/h4,8,13,17,23-24H,2-3,5-7,9-12,14-15H2,1H3/b8-4+,21-19-/t17-/m1/s1. The van der Waals surface area contributed by atoms with Gasteiger partial charge in [-0.25, -0.2) is 4.99 Å². The van der Waals surface area contributed by atoms with Crippen LogP contribution in [0.2, 0.25) is 0 Å². The molecule has 0 bridgehead atoms. The van der Waals surface area contributed by atoms with Crippen molar-refractivity contribution in [2.75, 3.05) is 32.7 Å². The summed E-state index contributed by atoms with van der Waals surface area (Å²) in [5.74, 6) is 0.882. The first-order valence-corrected chi connectivity index (χ1v) is 9.90. The van der Waals surface area contributed by atoms with Crippen LogP contribution in [0.1, 0.15) is 32.6 Å². The van der Waals surface area contributed by atoms with Crippen molar-refractivity contribution < 1.29 is 4.79 Å². The van der Waals surface area contributed by atoms with Crippen molar-refractivity contribution in [2.45, 2.75) is 38.6 Å². The van der Waals surface area contributed by atoms with E-state index < -0.39 is 0 Å². The van der Waals surface area contributed by atoms with E-state index in [1.165, 1.54) is 12.8 Å². The van der Waals surface area contributed by atoms with Gasteiger partial charge in [0.2, 0.25) is 5.91 Å². The summed E-state index contributed by atoms with van der Waals surface area (Å²) < 4.78 is 0. The van der Waals surface area contributed by atoms with Crippen molar-refractivity contribution in [3.05, 3.63) is 47.6 Å². The van der Waals surface area contributed by atoms with Crippen LogP contribution >= 0.6 is 0 Å². The van der Waals surface area contributed by atoms with Crippen LogP contribution in [0.15, 0.2) is 52.6 Å². The highest BCUT2D eigenvalue weighted by Crippen LogP contribution is 2.29. The first kappa shape index (κ1) is 19.3. The first-order valence-electron chi connectivity index (χ1n) is 9.90. The van der Waals surface area contributed by atoms with Crippen LogP contribution in [0.5, 0.6) is 0 Å². The van der Waals surface area contributed by atoms with E-state index in [4.69, 9.17) is 0 Å². The molecule has 0 aromatic rings. The van der Waals surface area contributed by atoms with Gasteiger partial charge in [0.15, 0.2) is 0 Å². The molecular formula is C21H31N5O. The van der Waals surface area contributed by atoms with Gasteiger partial charge in [-0.1, -0.05) is 12.7 Å². The minimum Gasteiger partial charge on any atom is -0.386 e. The first-order chi connectivity index (χ1) is 13.1. The molecule has 3 rings (SSSR count). The number of carbonyl (C=O) groups excluding carboxylic acids is 1. The van der Waals surface area contributed by atoms with Gasteiger partial charge in [-0.2, -0.15) is 0 Å². The minimum absolute atomic E-state index is 0.0790. The second kappa shape index (κ2) is 8.93. The zero-order valence-corrected chi connectivity index (χ0v) is 16.3. The lowest BCUT2D eigenvalue weighted by Gasteiger charge is -2.33. The van der Waals surface area contributed by atoms with Crippen LogP contribution in [-0.4, -0.2) is 61.2 Å². The number of piperidine rings is 1. The summed E-state index contributed by atoms with van der Waals surface area (Å²) in [6.45, 7) is 14.3. The van der Waals surface area contributed by atoms with Gasteiger partial charge in [-0.05, 0) is 45.4 Å². The minimum atomic E-state index is 0.0790. The third kappa shape index (κ3) is 4.43. The van der Waals surface area contributed by atoms with Gasteiger partial charge in [0.05, 0.1) is 0 Å². The molecule has 0 saturated carbocycles. The number of allylic oxidation sites excluding steroid dienone is 2. The third-order valence-corrected chi connectivity index (χ3v) is 5.48. The molecule has 6 heteroatoms. The summed E-state index contributed by atoms with van der Waals surface area (Å²) in [4.78, 5) is 20.7. The fourth-order valence-electron chi connectivity index (χ4n) is 4.03. The van der Waals surface area contributed by atoms with E-state index in [1.54, 1.807) is 12.2 Å². The van der Waals surface area contributed by atoms with Gasteiger partial charge in [0.25, 0.3) is 0 Å². The molecular weight excluding hydrogens is 338 g/mol. The normalized spacial score (nSPS) is 24.6. The average molecular weight is 370 g/mol. The Bertz CT molecular complexity index is 685. The smallest absolute Gasteiger partial charge is 0.246 e. The van der Waals surface area contributed by atoms with E-state index in [0.29, 0.717) is 6.54 Å². The third-order valence-electron chi connectivity index (χ3n) is 5.48. The Labute approximate surface area is 162 Å². The second-order valence-corrected chi connectivity index (χ2v) is 7.33. The van der Waals surface area contributed by atoms with Gasteiger partial charge < -0.3 is 20.4 Å². The van der Waals surface area contributed by atoms with Gasteiger partial charge in [-0.3, -0.25) is 4.79 Å². The fourth-order valence-corrected chi connectivity index (χ4v) is 4.03. The molecule has 0 radical (unpaired) electrons. The number of hydrogen-bond donors (Lipinski definition) is 2. The highest BCUT2D eigenvalue weighted by Gasteiger charge is 2.27. The number of hydrogen-bond acceptors (Lipinski definition) is 5. The van der Waals surface area contributed by atoms with Crippen LogP contribution in [0, 0.1) is 0 Å². The summed E-state index contributed by atoms with van der Waals surface area (Å²) in [6.07, 6.45) is 9.92. The summed E-state index contributed by atoms with van der Waals surface area (Å²) in [5, 5.41) is 6.86. The molecule has 27 heavy (non-hydrogen) atoms. The molecule has 2 saturated heterocycles. The highest BCUT2D eigenvalue weighted by atomic mass is 16.2. The van der Waals surface area contributed by atoms with Gasteiger partial charge in [-0.15, -0.1) is 0 Å². The molecule has 0 aromatic carbocycles. The molecule has 2 fully saturated rings. The van der Waals surface area contributed by atoms with Gasteiger partial charge in [0, 0.05) is 61.8 Å². The van der Waals surface area contributed by atoms with E-state index in [-0.39, 0.29) is 11.9 Å². The van der Waals surface area contributed by atoms with E-state index >= 15 is 0 Å². The van der Waals surface area contributed by atoms with Crippen LogP contribution < -0.4 is 10.6 Å². The Morgan fingerprint density at radius 1 is 1.30 bits per heavy atom. The van der Waals surface area contributed by atoms with Gasteiger partial charge >= 0.3 is 0 Å². The van der Waals surface area contributed by atoms with Crippen molar-refractivity contribution in [1.82, 2.24) is 20.4 Å². The van der Waals surface area contributed by atoms with E-state index in [1.807, 2.05) is 18.0 Å². The van der Waals surface area contributed by atoms with Crippen molar-refractivity contribution in [1.29, 1.82) is 0 Å². The summed E-state index contributed by atoms with van der Waals surface area (Å²) in [6, 6.07) is 0.183. The number of rotatable bonds is 6. The molecule has 1 atom stereocenters. The highest BCUT2D eigenvalue weighted by molar-refractivity contribution is 5.87. The number of carbonyl (C=O) groups is 1. The Morgan fingerprint density at radius 3 is 2.74 bits per heavy atom. The van der Waals surface area contributed by atoms with Crippen LogP contribution in [0.3, 0.4) is 0 Å². The molecule has 6 nitrogen and oxygen atoms in total. The molecule has 0 aliphatic carbocycles. The predicted molar refractivity (Wildman–Crippen MR) is 110 cm³/mol. The largest absolute Gasteiger partial charge is 0.386 e. The number of likely N-dealkylation sites (tertiary alicyclic amines) is 2. The summed E-state index contributed by atoms with van der Waals surface area (Å²) in [7, 11) is 0. The molecule has 0 unspecified atom stereocenters.